The van der Waals surface area contributed by atoms with E-state index in [-0.39, 0.29) is 25.2 Å². The molecule has 0 saturated carbocycles. The number of carbonyl (C=O) groups excluding carboxylic acids is 2. The van der Waals surface area contributed by atoms with Gasteiger partial charge in [0.05, 0.1) is 6.61 Å². The lowest BCUT2D eigenvalue weighted by atomic mass is 10.1. The summed E-state index contributed by atoms with van der Waals surface area (Å²) >= 11 is 0. The van der Waals surface area contributed by atoms with Gasteiger partial charge in [0.25, 0.3) is 0 Å². The average molecular weight is 440 g/mol. The second kappa shape index (κ2) is 12.5. The van der Waals surface area contributed by atoms with Crippen LogP contribution in [0.4, 0.5) is 0 Å². The maximum absolute atomic E-state index is 12.5. The van der Waals surface area contributed by atoms with Crippen molar-refractivity contribution in [2.24, 2.45) is 0 Å². The smallest absolute Gasteiger partial charge is 0.344 e. The standard InChI is InChI=1S/C26H33NO5/c1-6-27(7-2)25(28)16-19(4)22-14-15-23(24(17-22)31-18-26(29)30-8-3)32-20(5)21-12-10-9-11-13-21/h9-17,20H,6-8,18H2,1-5H3/b19-16+. The number of hydrogen-bond donors (Lipinski definition) is 0. The molecule has 32 heavy (non-hydrogen) atoms. The van der Waals surface area contributed by atoms with Crippen LogP contribution in [0.1, 0.15) is 51.8 Å². The maximum atomic E-state index is 12.5. The fourth-order valence-electron chi connectivity index (χ4n) is 3.18. The number of ether oxygens (including phenoxy) is 3. The van der Waals surface area contributed by atoms with Crippen LogP contribution < -0.4 is 9.47 Å². The summed E-state index contributed by atoms with van der Waals surface area (Å²) in [5, 5.41) is 0. The van der Waals surface area contributed by atoms with Crippen molar-refractivity contribution in [2.45, 2.75) is 40.7 Å². The minimum Gasteiger partial charge on any atom is -0.482 e. The molecule has 0 aliphatic rings. The van der Waals surface area contributed by atoms with Crippen molar-refractivity contribution < 1.29 is 23.8 Å². The molecule has 0 aromatic heterocycles. The molecule has 0 saturated heterocycles. The molecule has 6 heteroatoms. The molecule has 6 nitrogen and oxygen atoms in total. The molecular formula is C26H33NO5. The van der Waals surface area contributed by atoms with Crippen LogP contribution in [-0.2, 0) is 14.3 Å². The Bertz CT molecular complexity index is 919. The molecule has 0 N–H and O–H groups in total. The minimum absolute atomic E-state index is 0.0421. The molecule has 0 spiro atoms. The first kappa shape index (κ1) is 25.0. The summed E-state index contributed by atoms with van der Waals surface area (Å²) in [6, 6.07) is 15.3. The first-order valence-electron chi connectivity index (χ1n) is 11.0. The van der Waals surface area contributed by atoms with E-state index in [4.69, 9.17) is 14.2 Å². The lowest BCUT2D eigenvalue weighted by Crippen LogP contribution is -2.28. The molecule has 0 aliphatic carbocycles. The van der Waals surface area contributed by atoms with Crippen molar-refractivity contribution in [3.8, 4) is 11.5 Å². The summed E-state index contributed by atoms with van der Waals surface area (Å²) in [5.41, 5.74) is 2.63. The number of carbonyl (C=O) groups is 2. The fraction of sp³-hybridized carbons (Fsp3) is 0.385. The van der Waals surface area contributed by atoms with Crippen molar-refractivity contribution >= 4 is 17.4 Å². The third-order valence-electron chi connectivity index (χ3n) is 5.04. The largest absolute Gasteiger partial charge is 0.482 e. The van der Waals surface area contributed by atoms with Gasteiger partial charge in [-0.3, -0.25) is 4.79 Å². The van der Waals surface area contributed by atoms with E-state index in [1.807, 2.05) is 64.1 Å². The van der Waals surface area contributed by atoms with Gasteiger partial charge in [-0.1, -0.05) is 36.4 Å². The molecule has 1 unspecified atom stereocenters. The number of esters is 1. The first-order chi connectivity index (χ1) is 15.4. The van der Waals surface area contributed by atoms with E-state index in [2.05, 4.69) is 0 Å². The predicted molar refractivity (Wildman–Crippen MR) is 126 cm³/mol. The highest BCUT2D eigenvalue weighted by Gasteiger charge is 2.15. The van der Waals surface area contributed by atoms with E-state index in [0.29, 0.717) is 24.6 Å². The topological polar surface area (TPSA) is 65.1 Å². The van der Waals surface area contributed by atoms with E-state index in [9.17, 15) is 9.59 Å². The zero-order valence-electron chi connectivity index (χ0n) is 19.6. The summed E-state index contributed by atoms with van der Waals surface area (Å²) in [4.78, 5) is 26.0. The van der Waals surface area contributed by atoms with Gasteiger partial charge in [-0.05, 0) is 63.5 Å². The molecular weight excluding hydrogens is 406 g/mol. The van der Waals surface area contributed by atoms with Crippen LogP contribution in [0.25, 0.3) is 5.57 Å². The van der Waals surface area contributed by atoms with E-state index in [1.54, 1.807) is 30.0 Å². The Morgan fingerprint density at radius 3 is 2.31 bits per heavy atom. The summed E-state index contributed by atoms with van der Waals surface area (Å²) < 4.78 is 16.9. The van der Waals surface area contributed by atoms with Gasteiger partial charge in [-0.15, -0.1) is 0 Å². The summed E-state index contributed by atoms with van der Waals surface area (Å²) in [6.45, 7) is 10.8. The monoisotopic (exact) mass is 439 g/mol. The Morgan fingerprint density at radius 2 is 1.69 bits per heavy atom. The van der Waals surface area contributed by atoms with E-state index < -0.39 is 5.97 Å². The van der Waals surface area contributed by atoms with Gasteiger partial charge in [-0.2, -0.15) is 0 Å². The predicted octanol–water partition coefficient (Wildman–Crippen LogP) is 5.04. The van der Waals surface area contributed by atoms with Crippen LogP contribution in [0, 0.1) is 0 Å². The van der Waals surface area contributed by atoms with Gasteiger partial charge in [0.2, 0.25) is 5.91 Å². The van der Waals surface area contributed by atoms with Crippen molar-refractivity contribution in [2.75, 3.05) is 26.3 Å². The third kappa shape index (κ3) is 7.15. The summed E-state index contributed by atoms with van der Waals surface area (Å²) in [5.74, 6) is 0.432. The number of benzene rings is 2. The van der Waals surface area contributed by atoms with E-state index in [0.717, 1.165) is 16.7 Å². The number of nitrogens with zero attached hydrogens (tertiary/aromatic N) is 1. The zero-order valence-corrected chi connectivity index (χ0v) is 19.6. The third-order valence-corrected chi connectivity index (χ3v) is 5.04. The molecule has 0 aliphatic heterocycles. The van der Waals surface area contributed by atoms with Crippen LogP contribution in [0.2, 0.25) is 0 Å². The maximum Gasteiger partial charge on any atom is 0.344 e. The number of likely N-dealkylation sites (N-methyl/N-ethyl adjacent to an activating group) is 1. The molecule has 2 rings (SSSR count). The second-order valence-corrected chi connectivity index (χ2v) is 7.26. The minimum atomic E-state index is -0.455. The highest BCUT2D eigenvalue weighted by atomic mass is 16.6. The molecule has 0 radical (unpaired) electrons. The van der Waals surface area contributed by atoms with Gasteiger partial charge >= 0.3 is 5.97 Å². The molecule has 1 atom stereocenters. The van der Waals surface area contributed by atoms with Crippen molar-refractivity contribution in [1.82, 2.24) is 4.90 Å². The zero-order chi connectivity index (χ0) is 23.5. The SMILES string of the molecule is CCOC(=O)COc1cc(/C(C)=C/C(=O)N(CC)CC)ccc1OC(C)c1ccccc1. The molecule has 2 aromatic carbocycles. The molecule has 172 valence electrons. The molecule has 2 aromatic rings. The van der Waals surface area contributed by atoms with Crippen LogP contribution in [0.3, 0.4) is 0 Å². The quantitative estimate of drug-likeness (QED) is 0.362. The van der Waals surface area contributed by atoms with Crippen molar-refractivity contribution in [3.05, 3.63) is 65.7 Å². The summed E-state index contributed by atoms with van der Waals surface area (Å²) in [6.07, 6.45) is 1.40. The Labute approximate surface area is 190 Å². The van der Waals surface area contributed by atoms with Gasteiger partial charge < -0.3 is 19.1 Å². The Kier molecular flexibility index (Phi) is 9.79. The molecule has 0 bridgehead atoms. The first-order valence-corrected chi connectivity index (χ1v) is 11.0. The van der Waals surface area contributed by atoms with Crippen molar-refractivity contribution in [1.29, 1.82) is 0 Å². The Hall–Kier alpha value is -3.28. The number of hydrogen-bond acceptors (Lipinski definition) is 5. The number of allylic oxidation sites excluding steroid dienone is 1. The normalized spacial score (nSPS) is 12.1. The molecule has 0 heterocycles. The second-order valence-electron chi connectivity index (χ2n) is 7.26. The number of rotatable bonds is 11. The van der Waals surface area contributed by atoms with Crippen molar-refractivity contribution in [3.63, 3.8) is 0 Å². The Morgan fingerprint density at radius 1 is 1.00 bits per heavy atom. The van der Waals surface area contributed by atoms with Crippen LogP contribution in [-0.4, -0.2) is 43.1 Å². The van der Waals surface area contributed by atoms with Crippen LogP contribution in [0.15, 0.2) is 54.6 Å². The van der Waals surface area contributed by atoms with Gasteiger partial charge in [0.1, 0.15) is 6.10 Å². The fourth-order valence-corrected chi connectivity index (χ4v) is 3.18. The average Bonchev–Trinajstić information content (AvgIpc) is 2.79. The molecule has 1 amide bonds. The molecule has 0 fully saturated rings. The van der Waals surface area contributed by atoms with Crippen LogP contribution in [0.5, 0.6) is 11.5 Å². The summed E-state index contributed by atoms with van der Waals surface area (Å²) in [7, 11) is 0. The van der Waals surface area contributed by atoms with Crippen LogP contribution >= 0.6 is 0 Å². The highest BCUT2D eigenvalue weighted by Crippen LogP contribution is 2.34. The lowest BCUT2D eigenvalue weighted by Gasteiger charge is -2.19. The number of amides is 1. The van der Waals surface area contributed by atoms with Gasteiger partial charge in [0.15, 0.2) is 18.1 Å². The van der Waals surface area contributed by atoms with Gasteiger partial charge in [-0.25, -0.2) is 4.79 Å². The Balaban J connectivity index is 2.30. The van der Waals surface area contributed by atoms with Gasteiger partial charge in [0, 0.05) is 19.2 Å². The highest BCUT2D eigenvalue weighted by molar-refractivity contribution is 5.95. The van der Waals surface area contributed by atoms with E-state index in [1.165, 1.54) is 0 Å². The lowest BCUT2D eigenvalue weighted by molar-refractivity contribution is -0.145. The van der Waals surface area contributed by atoms with E-state index >= 15 is 0 Å².